The molecule has 1 saturated heterocycles. The maximum Gasteiger partial charge on any atom is 0.272 e. The van der Waals surface area contributed by atoms with Crippen LogP contribution in [-0.4, -0.2) is 33.9 Å². The van der Waals surface area contributed by atoms with Crippen LogP contribution in [0.4, 0.5) is 20.3 Å². The molecule has 0 saturated carbocycles. The summed E-state index contributed by atoms with van der Waals surface area (Å²) in [5, 5.41) is 2.85. The Hall–Kier alpha value is -2.57. The number of rotatable bonds is 3. The van der Waals surface area contributed by atoms with Gasteiger partial charge in [0.15, 0.2) is 11.6 Å². The van der Waals surface area contributed by atoms with Gasteiger partial charge in [0.1, 0.15) is 17.8 Å². The Labute approximate surface area is 138 Å². The number of aromatic nitrogens is 2. The third-order valence-corrected chi connectivity index (χ3v) is 4.02. The van der Waals surface area contributed by atoms with Gasteiger partial charge in [-0.05, 0) is 30.9 Å². The Morgan fingerprint density at radius 2 is 2.08 bits per heavy atom. The topological polar surface area (TPSA) is 58.1 Å². The molecule has 0 aliphatic carbocycles. The van der Waals surface area contributed by atoms with Crippen molar-refractivity contribution in [2.45, 2.75) is 19.8 Å². The minimum absolute atomic E-state index is 0.141. The molecule has 1 aliphatic heterocycles. The highest BCUT2D eigenvalue weighted by Crippen LogP contribution is 2.20. The molecule has 24 heavy (non-hydrogen) atoms. The van der Waals surface area contributed by atoms with Crippen molar-refractivity contribution in [3.05, 3.63) is 47.9 Å². The molecule has 1 aromatic carbocycles. The van der Waals surface area contributed by atoms with Crippen molar-refractivity contribution < 1.29 is 13.6 Å². The van der Waals surface area contributed by atoms with Gasteiger partial charge in [-0.2, -0.15) is 0 Å². The molecular formula is C17H18F2N4O. The lowest BCUT2D eigenvalue weighted by Crippen LogP contribution is -2.39. The Balaban J connectivity index is 1.76. The smallest absolute Gasteiger partial charge is 0.272 e. The molecule has 1 unspecified atom stereocenters. The van der Waals surface area contributed by atoms with Crippen LogP contribution in [0.15, 0.2) is 30.6 Å². The fourth-order valence-corrected chi connectivity index (χ4v) is 2.80. The van der Waals surface area contributed by atoms with Gasteiger partial charge in [0.2, 0.25) is 0 Å². The van der Waals surface area contributed by atoms with Gasteiger partial charge < -0.3 is 10.2 Å². The average Bonchev–Trinajstić information content (AvgIpc) is 2.58. The van der Waals surface area contributed by atoms with Crippen LogP contribution in [-0.2, 0) is 0 Å². The number of carbonyl (C=O) groups excluding carboxylic acids is 1. The largest absolute Gasteiger partial charge is 0.340 e. The van der Waals surface area contributed by atoms with E-state index in [9.17, 15) is 13.6 Å². The molecule has 1 N–H and O–H groups in total. The van der Waals surface area contributed by atoms with E-state index in [-0.39, 0.29) is 11.6 Å². The van der Waals surface area contributed by atoms with Gasteiger partial charge in [-0.25, -0.2) is 18.7 Å². The van der Waals surface area contributed by atoms with Gasteiger partial charge in [-0.15, -0.1) is 0 Å². The molecule has 0 spiro atoms. The van der Waals surface area contributed by atoms with Crippen LogP contribution in [0.5, 0.6) is 0 Å². The van der Waals surface area contributed by atoms with E-state index in [2.05, 4.69) is 22.2 Å². The molecule has 0 radical (unpaired) electrons. The van der Waals surface area contributed by atoms with Gasteiger partial charge in [0, 0.05) is 30.9 Å². The number of amides is 1. The molecule has 5 nitrogen and oxygen atoms in total. The lowest BCUT2D eigenvalue weighted by atomic mass is 10.00. The number of anilines is 2. The number of likely N-dealkylation sites (tertiary alicyclic amines) is 1. The van der Waals surface area contributed by atoms with Gasteiger partial charge in [-0.1, -0.05) is 6.92 Å². The van der Waals surface area contributed by atoms with Crippen molar-refractivity contribution in [3.8, 4) is 0 Å². The Morgan fingerprint density at radius 1 is 1.25 bits per heavy atom. The van der Waals surface area contributed by atoms with Gasteiger partial charge in [-0.3, -0.25) is 4.79 Å². The normalized spacial score (nSPS) is 17.6. The summed E-state index contributed by atoms with van der Waals surface area (Å²) in [7, 11) is 0. The molecule has 2 aromatic rings. The van der Waals surface area contributed by atoms with Crippen molar-refractivity contribution in [1.82, 2.24) is 14.9 Å². The van der Waals surface area contributed by atoms with E-state index in [4.69, 9.17) is 0 Å². The monoisotopic (exact) mass is 332 g/mol. The molecule has 3 rings (SSSR count). The molecule has 1 amide bonds. The number of hydrogen-bond acceptors (Lipinski definition) is 4. The first kappa shape index (κ1) is 16.3. The van der Waals surface area contributed by atoms with E-state index >= 15 is 0 Å². The average molecular weight is 332 g/mol. The first-order chi connectivity index (χ1) is 11.5. The second-order valence-electron chi connectivity index (χ2n) is 6.04. The van der Waals surface area contributed by atoms with Crippen LogP contribution in [0.3, 0.4) is 0 Å². The second kappa shape index (κ2) is 6.90. The predicted molar refractivity (Wildman–Crippen MR) is 86.0 cm³/mol. The lowest BCUT2D eigenvalue weighted by Gasteiger charge is -2.30. The fraction of sp³-hybridized carbons (Fsp3) is 0.353. The van der Waals surface area contributed by atoms with Crippen LogP contribution >= 0.6 is 0 Å². The van der Waals surface area contributed by atoms with E-state index in [0.717, 1.165) is 38.1 Å². The number of hydrogen-bond donors (Lipinski definition) is 1. The highest BCUT2D eigenvalue weighted by atomic mass is 19.2. The summed E-state index contributed by atoms with van der Waals surface area (Å²) in [5.74, 6) is -1.18. The summed E-state index contributed by atoms with van der Waals surface area (Å²) >= 11 is 0. The van der Waals surface area contributed by atoms with E-state index in [1.807, 2.05) is 0 Å². The van der Waals surface area contributed by atoms with Crippen LogP contribution in [0.1, 0.15) is 30.3 Å². The van der Waals surface area contributed by atoms with Crippen molar-refractivity contribution in [2.75, 3.05) is 18.4 Å². The summed E-state index contributed by atoms with van der Waals surface area (Å²) in [5.41, 5.74) is 0.627. The van der Waals surface area contributed by atoms with Crippen molar-refractivity contribution >= 4 is 17.4 Å². The minimum atomic E-state index is -0.951. The molecule has 0 bridgehead atoms. The number of halogens is 2. The second-order valence-corrected chi connectivity index (χ2v) is 6.04. The molecule has 1 atom stereocenters. The summed E-state index contributed by atoms with van der Waals surface area (Å²) in [4.78, 5) is 22.4. The van der Waals surface area contributed by atoms with Crippen molar-refractivity contribution in [1.29, 1.82) is 0 Å². The quantitative estimate of drug-likeness (QED) is 0.936. The van der Waals surface area contributed by atoms with E-state index in [1.165, 1.54) is 18.5 Å². The fourth-order valence-electron chi connectivity index (χ4n) is 2.80. The zero-order valence-electron chi connectivity index (χ0n) is 13.3. The zero-order valence-corrected chi connectivity index (χ0v) is 13.3. The number of benzene rings is 1. The highest BCUT2D eigenvalue weighted by Gasteiger charge is 2.23. The number of nitrogens with one attached hydrogen (secondary N) is 1. The van der Waals surface area contributed by atoms with Gasteiger partial charge >= 0.3 is 0 Å². The first-order valence-corrected chi connectivity index (χ1v) is 7.86. The maximum absolute atomic E-state index is 13.3. The van der Waals surface area contributed by atoms with Crippen molar-refractivity contribution in [3.63, 3.8) is 0 Å². The van der Waals surface area contributed by atoms with Crippen molar-refractivity contribution in [2.24, 2.45) is 5.92 Å². The van der Waals surface area contributed by atoms with Crippen LogP contribution in [0.25, 0.3) is 0 Å². The number of carbonyl (C=O) groups is 1. The highest BCUT2D eigenvalue weighted by molar-refractivity contribution is 5.93. The zero-order chi connectivity index (χ0) is 17.1. The molecule has 2 heterocycles. The summed E-state index contributed by atoms with van der Waals surface area (Å²) in [6, 6.07) is 4.97. The first-order valence-electron chi connectivity index (χ1n) is 7.86. The summed E-state index contributed by atoms with van der Waals surface area (Å²) in [6.07, 6.45) is 3.39. The number of nitrogens with zero attached hydrogens (tertiary/aromatic N) is 3. The third kappa shape index (κ3) is 3.67. The number of piperidine rings is 1. The SMILES string of the molecule is CC1CCCN(C(=O)c2cc(Nc3ccc(F)c(F)c3)ncn2)C1. The maximum atomic E-state index is 13.3. The van der Waals surface area contributed by atoms with Crippen LogP contribution < -0.4 is 5.32 Å². The summed E-state index contributed by atoms with van der Waals surface area (Å²) in [6.45, 7) is 3.56. The molecule has 1 aromatic heterocycles. The van der Waals surface area contributed by atoms with Crippen LogP contribution in [0, 0.1) is 17.6 Å². The molecule has 126 valence electrons. The van der Waals surface area contributed by atoms with E-state index in [0.29, 0.717) is 17.4 Å². The standard InChI is InChI=1S/C17H18F2N4O/c1-11-3-2-6-23(9-11)17(24)15-8-16(21-10-20-15)22-12-4-5-13(18)14(19)7-12/h4-5,7-8,10-11H,2-3,6,9H2,1H3,(H,20,21,22). The summed E-state index contributed by atoms with van der Waals surface area (Å²) < 4.78 is 26.2. The van der Waals surface area contributed by atoms with E-state index < -0.39 is 11.6 Å². The molecule has 1 aliphatic rings. The van der Waals surface area contributed by atoms with Gasteiger partial charge in [0.05, 0.1) is 0 Å². The minimum Gasteiger partial charge on any atom is -0.340 e. The van der Waals surface area contributed by atoms with E-state index in [1.54, 1.807) is 4.90 Å². The lowest BCUT2D eigenvalue weighted by molar-refractivity contribution is 0.0677. The molecule has 1 fully saturated rings. The Bertz CT molecular complexity index is 753. The predicted octanol–water partition coefficient (Wildman–Crippen LogP) is 3.37. The molecular weight excluding hydrogens is 314 g/mol. The molecule has 7 heteroatoms. The Morgan fingerprint density at radius 3 is 2.83 bits per heavy atom. The Kier molecular flexibility index (Phi) is 4.69. The van der Waals surface area contributed by atoms with Gasteiger partial charge in [0.25, 0.3) is 5.91 Å². The van der Waals surface area contributed by atoms with Crippen LogP contribution in [0.2, 0.25) is 0 Å². The third-order valence-electron chi connectivity index (χ3n) is 4.02.